The molecule has 0 aromatic rings. The van der Waals surface area contributed by atoms with Crippen molar-refractivity contribution in [2.45, 2.75) is 118 Å². The molecule has 5 fully saturated rings. The number of fused-ring (bicyclic) bond motifs is 4. The Balaban J connectivity index is 1.46. The van der Waals surface area contributed by atoms with Crippen LogP contribution in [0.3, 0.4) is 0 Å². The van der Waals surface area contributed by atoms with Crippen molar-refractivity contribution < 1.29 is 19.1 Å². The van der Waals surface area contributed by atoms with E-state index in [1.165, 1.54) is 0 Å². The predicted molar refractivity (Wildman–Crippen MR) is 140 cm³/mol. The van der Waals surface area contributed by atoms with Gasteiger partial charge < -0.3 is 9.47 Å². The van der Waals surface area contributed by atoms with Gasteiger partial charge in [0, 0.05) is 23.7 Å². The lowest BCUT2D eigenvalue weighted by Crippen LogP contribution is -2.71. The third-order valence-corrected chi connectivity index (χ3v) is 14.1. The zero-order chi connectivity index (χ0) is 26.1. The molecule has 0 N–H and O–H groups in total. The molecule has 0 radical (unpaired) electrons. The van der Waals surface area contributed by atoms with Crippen molar-refractivity contribution in [2.75, 3.05) is 0 Å². The Kier molecular flexibility index (Phi) is 5.00. The summed E-state index contributed by atoms with van der Waals surface area (Å²) in [5.74, 6) is 2.27. The number of rotatable bonds is 1. The molecule has 0 amide bonds. The van der Waals surface area contributed by atoms with E-state index in [-0.39, 0.29) is 51.0 Å². The van der Waals surface area contributed by atoms with E-state index in [4.69, 9.17) is 9.47 Å². The number of hydrogen-bond donors (Lipinski definition) is 0. The van der Waals surface area contributed by atoms with Gasteiger partial charge in [-0.3, -0.25) is 9.59 Å². The van der Waals surface area contributed by atoms with Gasteiger partial charge in [0.25, 0.3) is 0 Å². The van der Waals surface area contributed by atoms with Crippen molar-refractivity contribution in [3.63, 3.8) is 0 Å². The zero-order valence-electron chi connectivity index (χ0n) is 23.9. The van der Waals surface area contributed by atoms with Crippen molar-refractivity contribution in [3.8, 4) is 0 Å². The molecule has 200 valence electrons. The molecule has 1 spiro atoms. The van der Waals surface area contributed by atoms with Crippen LogP contribution >= 0.6 is 0 Å². The summed E-state index contributed by atoms with van der Waals surface area (Å²) in [5, 5.41) is 0. The highest BCUT2D eigenvalue weighted by Gasteiger charge is 2.80. The zero-order valence-corrected chi connectivity index (χ0v) is 23.9. The van der Waals surface area contributed by atoms with Crippen LogP contribution in [0.1, 0.15) is 107 Å². The number of carbonyl (C=O) groups excluding carboxylic acids is 2. The molecule has 2 bridgehead atoms. The maximum atomic E-state index is 13.7. The predicted octanol–water partition coefficient (Wildman–Crippen LogP) is 7.11. The number of hydrogen-bond acceptors (Lipinski definition) is 4. The lowest BCUT2D eigenvalue weighted by atomic mass is 9.32. The van der Waals surface area contributed by atoms with Crippen LogP contribution in [0.2, 0.25) is 0 Å². The van der Waals surface area contributed by atoms with Gasteiger partial charge in [-0.05, 0) is 91.9 Å². The van der Waals surface area contributed by atoms with Crippen LogP contribution in [-0.2, 0) is 19.1 Å². The second-order valence-electron chi connectivity index (χ2n) is 15.3. The average molecular weight is 497 g/mol. The van der Waals surface area contributed by atoms with Crippen molar-refractivity contribution in [2.24, 2.45) is 56.7 Å². The Bertz CT molecular complexity index is 1030. The van der Waals surface area contributed by atoms with Crippen LogP contribution in [0.15, 0.2) is 12.2 Å². The third kappa shape index (κ3) is 2.58. The van der Waals surface area contributed by atoms with E-state index in [1.54, 1.807) is 6.92 Å². The standard InChI is InChI=1S/C32H48O4/c1-19-9-15-31-18-17-30(8)29(7)14-10-22-27(4,5)24(35-21(3)33)12-13-28(22,6)23(29)11-16-32(30,36-26(31)34)25(31)20(19)2/h11,16,19-20,22-25H,9-10,12-15,17-18H2,1-8H3/t19?,20?,22-,23+,24?,25+,28-,29+,30-,31-,32-/m0/s1. The molecule has 1 aliphatic heterocycles. The third-order valence-electron chi connectivity index (χ3n) is 14.1. The van der Waals surface area contributed by atoms with Gasteiger partial charge in [-0.25, -0.2) is 0 Å². The minimum Gasteiger partial charge on any atom is -0.462 e. The minimum atomic E-state index is -0.477. The first-order valence-corrected chi connectivity index (χ1v) is 14.8. The SMILES string of the molecule is CC(=O)OC1CC[C@]2(C)[C@H]3C=C[C@]45OC(=O)[C@@]6(CCC(C)C(C)[C@H]64)CC[C@@]5(C)[C@]3(C)CC[C@H]2C1(C)C. The van der Waals surface area contributed by atoms with Crippen LogP contribution in [0, 0.1) is 56.7 Å². The molecule has 5 aliphatic carbocycles. The number of ether oxygens (including phenoxy) is 2. The molecule has 36 heavy (non-hydrogen) atoms. The van der Waals surface area contributed by atoms with Crippen LogP contribution in [0.5, 0.6) is 0 Å². The van der Waals surface area contributed by atoms with Gasteiger partial charge in [-0.2, -0.15) is 0 Å². The monoisotopic (exact) mass is 496 g/mol. The summed E-state index contributed by atoms with van der Waals surface area (Å²) < 4.78 is 12.6. The molecule has 3 unspecified atom stereocenters. The fourth-order valence-corrected chi connectivity index (χ4v) is 11.8. The summed E-state index contributed by atoms with van der Waals surface area (Å²) >= 11 is 0. The van der Waals surface area contributed by atoms with Gasteiger partial charge in [-0.15, -0.1) is 0 Å². The molecule has 0 aromatic heterocycles. The molecular weight excluding hydrogens is 448 g/mol. The molecule has 6 rings (SSSR count). The average Bonchev–Trinajstić information content (AvgIpc) is 2.99. The second kappa shape index (κ2) is 7.20. The molecule has 1 saturated heterocycles. The first-order chi connectivity index (χ1) is 16.7. The normalized spacial score (nSPS) is 56.5. The fourth-order valence-electron chi connectivity index (χ4n) is 11.8. The number of allylic oxidation sites excluding steroid dienone is 1. The number of carbonyl (C=O) groups is 2. The van der Waals surface area contributed by atoms with E-state index in [1.807, 2.05) is 0 Å². The minimum absolute atomic E-state index is 0.0115. The lowest BCUT2D eigenvalue weighted by molar-refractivity contribution is -0.247. The van der Waals surface area contributed by atoms with Crippen molar-refractivity contribution in [1.82, 2.24) is 0 Å². The van der Waals surface area contributed by atoms with Crippen LogP contribution in [0.25, 0.3) is 0 Å². The highest BCUT2D eigenvalue weighted by molar-refractivity contribution is 5.82. The molecule has 0 aromatic carbocycles. The van der Waals surface area contributed by atoms with Crippen molar-refractivity contribution >= 4 is 11.9 Å². The molecule has 4 saturated carbocycles. The Morgan fingerprint density at radius 1 is 0.972 bits per heavy atom. The maximum Gasteiger partial charge on any atom is 0.313 e. The van der Waals surface area contributed by atoms with E-state index in [2.05, 4.69) is 60.6 Å². The summed E-state index contributed by atoms with van der Waals surface area (Å²) in [7, 11) is 0. The molecule has 4 nitrogen and oxygen atoms in total. The molecule has 4 heteroatoms. The summed E-state index contributed by atoms with van der Waals surface area (Å²) in [6, 6.07) is 0. The first kappa shape index (κ1) is 25.0. The Labute approximate surface area is 218 Å². The van der Waals surface area contributed by atoms with Crippen LogP contribution in [0.4, 0.5) is 0 Å². The fraction of sp³-hybridized carbons (Fsp3) is 0.875. The van der Waals surface area contributed by atoms with Crippen LogP contribution in [-0.4, -0.2) is 23.6 Å². The lowest BCUT2D eigenvalue weighted by Gasteiger charge is -2.72. The van der Waals surface area contributed by atoms with E-state index in [0.717, 1.165) is 51.4 Å². The first-order valence-electron chi connectivity index (χ1n) is 14.8. The molecule has 1 heterocycles. The van der Waals surface area contributed by atoms with Gasteiger partial charge in [0.05, 0.1) is 5.41 Å². The second-order valence-corrected chi connectivity index (χ2v) is 15.3. The van der Waals surface area contributed by atoms with Crippen molar-refractivity contribution in [1.29, 1.82) is 0 Å². The summed E-state index contributed by atoms with van der Waals surface area (Å²) in [6.45, 7) is 18.6. The Morgan fingerprint density at radius 3 is 2.39 bits per heavy atom. The van der Waals surface area contributed by atoms with Gasteiger partial charge in [-0.1, -0.05) is 54.5 Å². The maximum absolute atomic E-state index is 13.7. The highest BCUT2D eigenvalue weighted by atomic mass is 16.6. The Hall–Kier alpha value is -1.32. The van der Waals surface area contributed by atoms with Gasteiger partial charge in [0.15, 0.2) is 0 Å². The van der Waals surface area contributed by atoms with Gasteiger partial charge in [0.1, 0.15) is 11.7 Å². The smallest absolute Gasteiger partial charge is 0.313 e. The van der Waals surface area contributed by atoms with Crippen molar-refractivity contribution in [3.05, 3.63) is 12.2 Å². The van der Waals surface area contributed by atoms with E-state index in [0.29, 0.717) is 23.7 Å². The van der Waals surface area contributed by atoms with Crippen LogP contribution < -0.4 is 0 Å². The van der Waals surface area contributed by atoms with E-state index >= 15 is 0 Å². The highest BCUT2D eigenvalue weighted by Crippen LogP contribution is 2.79. The molecule has 6 aliphatic rings. The van der Waals surface area contributed by atoms with Gasteiger partial charge in [0.2, 0.25) is 0 Å². The largest absolute Gasteiger partial charge is 0.462 e. The van der Waals surface area contributed by atoms with E-state index < -0.39 is 5.60 Å². The number of esters is 2. The molecular formula is C32H48O4. The summed E-state index contributed by atoms with van der Waals surface area (Å²) in [5.41, 5.74) is -0.681. The Morgan fingerprint density at radius 2 is 1.69 bits per heavy atom. The topological polar surface area (TPSA) is 52.6 Å². The summed E-state index contributed by atoms with van der Waals surface area (Å²) in [6.07, 6.45) is 13.4. The summed E-state index contributed by atoms with van der Waals surface area (Å²) in [4.78, 5) is 25.6. The quantitative estimate of drug-likeness (QED) is 0.287. The molecule has 11 atom stereocenters. The van der Waals surface area contributed by atoms with E-state index in [9.17, 15) is 9.59 Å². The van der Waals surface area contributed by atoms with Gasteiger partial charge >= 0.3 is 11.9 Å².